The molecule has 146 valence electrons. The molecule has 2 aromatic rings. The average molecular weight is 381 g/mol. The summed E-state index contributed by atoms with van der Waals surface area (Å²) in [5.74, 6) is -0.554. The summed E-state index contributed by atoms with van der Waals surface area (Å²) >= 11 is 0. The van der Waals surface area contributed by atoms with Crippen molar-refractivity contribution in [2.45, 2.75) is 31.2 Å². The molecule has 2 aromatic carbocycles. The number of hydrogen-bond acceptors (Lipinski definition) is 5. The van der Waals surface area contributed by atoms with Crippen molar-refractivity contribution in [3.8, 4) is 5.75 Å². The second-order valence-electron chi connectivity index (χ2n) is 7.15. The summed E-state index contributed by atoms with van der Waals surface area (Å²) in [7, 11) is 1.36. The van der Waals surface area contributed by atoms with Crippen LogP contribution in [0.4, 0.5) is 5.69 Å². The number of aliphatic hydroxyl groups is 1. The fourth-order valence-corrected chi connectivity index (χ4v) is 4.05. The zero-order valence-electron chi connectivity index (χ0n) is 15.8. The van der Waals surface area contributed by atoms with Crippen molar-refractivity contribution in [1.29, 1.82) is 0 Å². The number of nitrogens with one attached hydrogen (secondary N) is 1. The molecule has 1 fully saturated rings. The van der Waals surface area contributed by atoms with E-state index in [2.05, 4.69) is 5.32 Å². The first kappa shape index (κ1) is 18.7. The van der Waals surface area contributed by atoms with E-state index in [1.165, 1.54) is 7.11 Å². The number of carbonyl (C=O) groups is 1. The number of phenolic OH excluding ortho intramolecular Hbond substituents is 1. The number of rotatable bonds is 3. The Morgan fingerprint density at radius 2 is 2.00 bits per heavy atom. The molecule has 2 aliphatic heterocycles. The maximum absolute atomic E-state index is 12.6. The Hall–Kier alpha value is -2.67. The van der Waals surface area contributed by atoms with E-state index in [-0.39, 0.29) is 17.4 Å². The molecule has 4 rings (SSSR count). The first-order valence-electron chi connectivity index (χ1n) is 9.27. The Bertz CT molecular complexity index is 939. The van der Waals surface area contributed by atoms with Crippen molar-refractivity contribution >= 4 is 17.7 Å². The Morgan fingerprint density at radius 3 is 2.64 bits per heavy atom. The number of amides is 1. The van der Waals surface area contributed by atoms with Gasteiger partial charge >= 0.3 is 0 Å². The van der Waals surface area contributed by atoms with Crippen molar-refractivity contribution in [1.82, 2.24) is 0 Å². The number of carbonyl (C=O) groups excluding carboxylic acids is 1. The third-order valence-electron chi connectivity index (χ3n) is 5.54. The van der Waals surface area contributed by atoms with Crippen LogP contribution < -0.4 is 5.32 Å². The van der Waals surface area contributed by atoms with Crippen LogP contribution >= 0.6 is 0 Å². The molecule has 1 amide bonds. The predicted molar refractivity (Wildman–Crippen MR) is 105 cm³/mol. The third kappa shape index (κ3) is 2.81. The summed E-state index contributed by atoms with van der Waals surface area (Å²) in [6.07, 6.45) is 1.45. The molecule has 0 spiro atoms. The van der Waals surface area contributed by atoms with E-state index in [0.29, 0.717) is 23.4 Å². The molecule has 6 nitrogen and oxygen atoms in total. The molecule has 0 saturated carbocycles. The van der Waals surface area contributed by atoms with Gasteiger partial charge in [0.2, 0.25) is 0 Å². The largest absolute Gasteiger partial charge is 0.507 e. The lowest BCUT2D eigenvalue weighted by Crippen LogP contribution is -2.52. The van der Waals surface area contributed by atoms with Crippen LogP contribution in [-0.4, -0.2) is 42.0 Å². The topological polar surface area (TPSA) is 88.0 Å². The number of phenols is 1. The molecule has 0 bridgehead atoms. The fraction of sp³-hybridized carbons (Fsp3) is 0.318. The lowest BCUT2D eigenvalue weighted by Gasteiger charge is -2.40. The zero-order valence-corrected chi connectivity index (χ0v) is 15.8. The van der Waals surface area contributed by atoms with E-state index in [0.717, 1.165) is 12.0 Å². The monoisotopic (exact) mass is 381 g/mol. The Balaban J connectivity index is 1.94. The van der Waals surface area contributed by atoms with Crippen molar-refractivity contribution in [2.75, 3.05) is 19.0 Å². The molecular weight excluding hydrogens is 358 g/mol. The average Bonchev–Trinajstić information content (AvgIpc) is 3.09. The van der Waals surface area contributed by atoms with E-state index in [4.69, 9.17) is 9.47 Å². The molecule has 0 aromatic heterocycles. The number of ether oxygens (including phenoxy) is 2. The molecule has 0 aliphatic carbocycles. The van der Waals surface area contributed by atoms with Crippen LogP contribution in [0.5, 0.6) is 5.75 Å². The number of anilines is 1. The van der Waals surface area contributed by atoms with Gasteiger partial charge < -0.3 is 25.0 Å². The van der Waals surface area contributed by atoms with Gasteiger partial charge in [-0.25, -0.2) is 0 Å². The number of methoxy groups -OCH3 is 1. The molecule has 2 heterocycles. The minimum atomic E-state index is -1.83. The van der Waals surface area contributed by atoms with Crippen molar-refractivity contribution < 1.29 is 24.5 Å². The van der Waals surface area contributed by atoms with E-state index in [1.807, 2.05) is 19.1 Å². The van der Waals surface area contributed by atoms with E-state index in [9.17, 15) is 15.0 Å². The van der Waals surface area contributed by atoms with E-state index < -0.39 is 17.6 Å². The molecular formula is C22H23NO5. The van der Waals surface area contributed by atoms with E-state index in [1.54, 1.807) is 36.4 Å². The summed E-state index contributed by atoms with van der Waals surface area (Å²) in [5.41, 5.74) is 0.860. The molecule has 28 heavy (non-hydrogen) atoms. The lowest BCUT2D eigenvalue weighted by molar-refractivity contribution is -0.142. The number of benzene rings is 2. The van der Waals surface area contributed by atoms with Gasteiger partial charge in [-0.2, -0.15) is 0 Å². The lowest BCUT2D eigenvalue weighted by atomic mass is 9.76. The number of aromatic hydroxyl groups is 1. The van der Waals surface area contributed by atoms with Gasteiger partial charge in [0.05, 0.1) is 24.0 Å². The van der Waals surface area contributed by atoms with Crippen molar-refractivity contribution in [3.05, 3.63) is 64.7 Å². The van der Waals surface area contributed by atoms with Crippen LogP contribution in [0.25, 0.3) is 6.08 Å². The highest BCUT2D eigenvalue weighted by molar-refractivity contribution is 6.00. The highest BCUT2D eigenvalue weighted by atomic mass is 16.5. The quantitative estimate of drug-likeness (QED) is 0.761. The summed E-state index contributed by atoms with van der Waals surface area (Å²) in [5, 5.41) is 25.6. The predicted octanol–water partition coefficient (Wildman–Crippen LogP) is 2.79. The third-order valence-corrected chi connectivity index (χ3v) is 5.54. The van der Waals surface area contributed by atoms with Gasteiger partial charge in [-0.1, -0.05) is 30.3 Å². The molecule has 1 saturated heterocycles. The second kappa shape index (κ2) is 7.05. The highest BCUT2D eigenvalue weighted by Gasteiger charge is 2.51. The van der Waals surface area contributed by atoms with Gasteiger partial charge in [0.25, 0.3) is 5.91 Å². The summed E-state index contributed by atoms with van der Waals surface area (Å²) in [6.45, 7) is 2.62. The first-order chi connectivity index (χ1) is 13.5. The summed E-state index contributed by atoms with van der Waals surface area (Å²) < 4.78 is 10.9. The summed E-state index contributed by atoms with van der Waals surface area (Å²) in [4.78, 5) is 12.6. The normalized spacial score (nSPS) is 28.2. The van der Waals surface area contributed by atoms with Crippen LogP contribution in [0.15, 0.2) is 48.0 Å². The second-order valence-corrected chi connectivity index (χ2v) is 7.15. The highest BCUT2D eigenvalue weighted by Crippen LogP contribution is 2.48. The molecule has 2 aliphatic rings. The van der Waals surface area contributed by atoms with Crippen LogP contribution in [0.3, 0.4) is 0 Å². The Morgan fingerprint density at radius 1 is 1.25 bits per heavy atom. The van der Waals surface area contributed by atoms with Crippen LogP contribution in [-0.2, 0) is 19.9 Å². The van der Waals surface area contributed by atoms with Gasteiger partial charge in [-0.3, -0.25) is 4.79 Å². The molecule has 6 heteroatoms. The summed E-state index contributed by atoms with van der Waals surface area (Å²) in [6, 6.07) is 12.2. The van der Waals surface area contributed by atoms with Gasteiger partial charge in [-0.15, -0.1) is 0 Å². The molecule has 3 N–H and O–H groups in total. The van der Waals surface area contributed by atoms with Crippen molar-refractivity contribution in [3.63, 3.8) is 0 Å². The molecule has 3 atom stereocenters. The van der Waals surface area contributed by atoms with Crippen LogP contribution in [0.1, 0.15) is 30.0 Å². The first-order valence-corrected chi connectivity index (χ1v) is 9.27. The SMILES string of the molecule is COC1C(=O)Nc2ccc(C=C3CCOC3C)c(O)c2C1(O)c1ccccc1. The van der Waals surface area contributed by atoms with Gasteiger partial charge in [-0.05, 0) is 42.7 Å². The minimum absolute atomic E-state index is 0.0186. The van der Waals surface area contributed by atoms with Crippen molar-refractivity contribution in [2.24, 2.45) is 0 Å². The smallest absolute Gasteiger partial charge is 0.257 e. The minimum Gasteiger partial charge on any atom is -0.507 e. The number of fused-ring (bicyclic) bond motifs is 1. The fourth-order valence-electron chi connectivity index (χ4n) is 4.05. The van der Waals surface area contributed by atoms with Gasteiger partial charge in [0.15, 0.2) is 11.7 Å². The number of hydrogen-bond donors (Lipinski definition) is 3. The zero-order chi connectivity index (χ0) is 19.9. The molecule has 3 unspecified atom stereocenters. The standard InChI is InChI=1S/C22H23NO5/c1-13-14(10-11-28-13)12-15-8-9-17-18(19(15)24)22(26,16-6-4-3-5-7-16)20(27-2)21(25)23-17/h3-9,12-13,20,24,26H,10-11H2,1-2H3,(H,23,25). The Kier molecular flexibility index (Phi) is 4.71. The molecule has 0 radical (unpaired) electrons. The maximum atomic E-state index is 12.6. The van der Waals surface area contributed by atoms with Gasteiger partial charge in [0, 0.05) is 12.7 Å². The van der Waals surface area contributed by atoms with Crippen LogP contribution in [0, 0.1) is 0 Å². The van der Waals surface area contributed by atoms with Crippen LogP contribution in [0.2, 0.25) is 0 Å². The van der Waals surface area contributed by atoms with Gasteiger partial charge in [0.1, 0.15) is 5.75 Å². The maximum Gasteiger partial charge on any atom is 0.257 e. The Labute approximate surface area is 163 Å². The van der Waals surface area contributed by atoms with E-state index >= 15 is 0 Å².